The number of ether oxygens (including phenoxy) is 1. The molecule has 0 radical (unpaired) electrons. The molecule has 2 aliphatic heterocycles. The van der Waals surface area contributed by atoms with E-state index in [0.29, 0.717) is 12.5 Å². The van der Waals surface area contributed by atoms with Crippen molar-refractivity contribution < 1.29 is 9.53 Å². The fourth-order valence-electron chi connectivity index (χ4n) is 2.21. The van der Waals surface area contributed by atoms with E-state index in [0.717, 1.165) is 45.6 Å². The van der Waals surface area contributed by atoms with E-state index in [1.54, 1.807) is 0 Å². The molecule has 0 unspecified atom stereocenters. The van der Waals surface area contributed by atoms with Gasteiger partial charge < -0.3 is 9.64 Å². The maximum atomic E-state index is 11.7. The zero-order valence-corrected chi connectivity index (χ0v) is 9.02. The molecule has 0 saturated carbocycles. The van der Waals surface area contributed by atoms with Crippen molar-refractivity contribution in [3.05, 3.63) is 0 Å². The summed E-state index contributed by atoms with van der Waals surface area (Å²) in [7, 11) is 0. The lowest BCUT2D eigenvalue weighted by Crippen LogP contribution is -2.53. The Kier molecular flexibility index (Phi) is 3.43. The van der Waals surface area contributed by atoms with Crippen molar-refractivity contribution in [3.8, 4) is 0 Å². The van der Waals surface area contributed by atoms with Crippen LogP contribution in [0.4, 0.5) is 4.79 Å². The molecule has 0 aromatic heterocycles. The van der Waals surface area contributed by atoms with Gasteiger partial charge in [0.1, 0.15) is 0 Å². The van der Waals surface area contributed by atoms with E-state index < -0.39 is 0 Å². The van der Waals surface area contributed by atoms with Crippen molar-refractivity contribution in [2.45, 2.75) is 19.3 Å². The van der Waals surface area contributed by atoms with Gasteiger partial charge in [0, 0.05) is 32.8 Å². The summed E-state index contributed by atoms with van der Waals surface area (Å²) in [5.74, 6) is 6.18. The van der Waals surface area contributed by atoms with E-state index in [1.165, 1.54) is 5.01 Å². The van der Waals surface area contributed by atoms with Gasteiger partial charge in [0.25, 0.3) is 0 Å². The number of hydrazine groups is 1. The highest BCUT2D eigenvalue weighted by molar-refractivity contribution is 5.74. The van der Waals surface area contributed by atoms with Crippen LogP contribution in [0.15, 0.2) is 0 Å². The maximum absolute atomic E-state index is 11.7. The molecule has 5 nitrogen and oxygen atoms in total. The Labute approximate surface area is 90.1 Å². The van der Waals surface area contributed by atoms with Gasteiger partial charge in [0.15, 0.2) is 0 Å². The van der Waals surface area contributed by atoms with E-state index in [9.17, 15) is 4.79 Å². The second kappa shape index (κ2) is 4.81. The molecule has 15 heavy (non-hydrogen) atoms. The number of urea groups is 1. The molecular formula is C10H19N3O2. The van der Waals surface area contributed by atoms with Gasteiger partial charge in [-0.05, 0) is 25.2 Å². The molecule has 2 rings (SSSR count). The molecule has 0 atom stereocenters. The van der Waals surface area contributed by atoms with Crippen LogP contribution in [0.2, 0.25) is 0 Å². The highest BCUT2D eigenvalue weighted by Gasteiger charge is 2.26. The molecule has 0 aromatic carbocycles. The lowest BCUT2D eigenvalue weighted by Gasteiger charge is -2.35. The predicted octanol–water partition coefficient (Wildman–Crippen LogP) is 0.414. The first-order valence-electron chi connectivity index (χ1n) is 5.66. The molecule has 2 heterocycles. The van der Waals surface area contributed by atoms with E-state index in [1.807, 2.05) is 4.90 Å². The van der Waals surface area contributed by atoms with Crippen molar-refractivity contribution in [1.82, 2.24) is 9.91 Å². The predicted molar refractivity (Wildman–Crippen MR) is 56.0 cm³/mol. The average Bonchev–Trinajstić information content (AvgIpc) is 2.26. The molecule has 2 N–H and O–H groups in total. The van der Waals surface area contributed by atoms with Crippen LogP contribution in [0.25, 0.3) is 0 Å². The van der Waals surface area contributed by atoms with Gasteiger partial charge in [0.05, 0.1) is 0 Å². The molecule has 2 amide bonds. The molecule has 0 aromatic rings. The Hall–Kier alpha value is -0.810. The Morgan fingerprint density at radius 1 is 1.33 bits per heavy atom. The summed E-state index contributed by atoms with van der Waals surface area (Å²) < 4.78 is 5.30. The van der Waals surface area contributed by atoms with Crippen LogP contribution >= 0.6 is 0 Å². The normalized spacial score (nSPS) is 24.7. The van der Waals surface area contributed by atoms with Gasteiger partial charge in [-0.25, -0.2) is 10.6 Å². The standard InChI is InChI=1S/C10H19N3O2/c11-13-5-1-4-12(10(13)14)8-9-2-6-15-7-3-9/h9H,1-8,11H2. The lowest BCUT2D eigenvalue weighted by molar-refractivity contribution is 0.0494. The number of amides is 2. The minimum atomic E-state index is -0.0206. The van der Waals surface area contributed by atoms with Gasteiger partial charge >= 0.3 is 6.03 Å². The monoisotopic (exact) mass is 213 g/mol. The highest BCUT2D eigenvalue weighted by atomic mass is 16.5. The zero-order chi connectivity index (χ0) is 10.7. The summed E-state index contributed by atoms with van der Waals surface area (Å²) in [4.78, 5) is 13.6. The molecule has 5 heteroatoms. The molecule has 2 saturated heterocycles. The van der Waals surface area contributed by atoms with E-state index >= 15 is 0 Å². The highest BCUT2D eigenvalue weighted by Crippen LogP contribution is 2.18. The van der Waals surface area contributed by atoms with E-state index in [-0.39, 0.29) is 6.03 Å². The third-order valence-electron chi connectivity index (χ3n) is 3.16. The smallest absolute Gasteiger partial charge is 0.334 e. The third kappa shape index (κ3) is 2.60. The molecule has 0 spiro atoms. The molecule has 0 bridgehead atoms. The number of hydrogen-bond donors (Lipinski definition) is 1. The van der Waals surface area contributed by atoms with Gasteiger partial charge in [-0.3, -0.25) is 5.01 Å². The first-order chi connectivity index (χ1) is 7.27. The van der Waals surface area contributed by atoms with Gasteiger partial charge in [-0.2, -0.15) is 0 Å². The number of nitrogens with zero attached hydrogens (tertiary/aromatic N) is 2. The van der Waals surface area contributed by atoms with Crippen molar-refractivity contribution in [2.24, 2.45) is 11.8 Å². The fourth-order valence-corrected chi connectivity index (χ4v) is 2.21. The average molecular weight is 213 g/mol. The van der Waals surface area contributed by atoms with E-state index in [4.69, 9.17) is 10.6 Å². The van der Waals surface area contributed by atoms with Crippen LogP contribution in [0.3, 0.4) is 0 Å². The maximum Gasteiger partial charge on any atom is 0.334 e. The number of nitrogens with two attached hydrogens (primary N) is 1. The summed E-state index contributed by atoms with van der Waals surface area (Å²) in [5, 5.41) is 1.32. The zero-order valence-electron chi connectivity index (χ0n) is 9.02. The second-order valence-corrected chi connectivity index (χ2v) is 4.33. The van der Waals surface area contributed by atoms with Crippen LogP contribution < -0.4 is 5.84 Å². The van der Waals surface area contributed by atoms with Crippen molar-refractivity contribution in [1.29, 1.82) is 0 Å². The fraction of sp³-hybridized carbons (Fsp3) is 0.900. The van der Waals surface area contributed by atoms with Crippen LogP contribution in [0.1, 0.15) is 19.3 Å². The van der Waals surface area contributed by atoms with Gasteiger partial charge in [-0.1, -0.05) is 0 Å². The topological polar surface area (TPSA) is 58.8 Å². The minimum Gasteiger partial charge on any atom is -0.381 e. The Balaban J connectivity index is 1.84. The number of hydrogen-bond acceptors (Lipinski definition) is 3. The van der Waals surface area contributed by atoms with Gasteiger partial charge in [0.2, 0.25) is 0 Å². The molecule has 86 valence electrons. The Morgan fingerprint density at radius 2 is 2.07 bits per heavy atom. The summed E-state index contributed by atoms with van der Waals surface area (Å²) in [6.45, 7) is 4.04. The summed E-state index contributed by atoms with van der Waals surface area (Å²) in [6, 6.07) is -0.0206. The van der Waals surface area contributed by atoms with Crippen LogP contribution in [0.5, 0.6) is 0 Å². The summed E-state index contributed by atoms with van der Waals surface area (Å²) in [5.41, 5.74) is 0. The number of carbonyl (C=O) groups excluding carboxylic acids is 1. The van der Waals surface area contributed by atoms with Crippen LogP contribution in [-0.2, 0) is 4.74 Å². The SMILES string of the molecule is NN1CCCN(CC2CCOCC2)C1=O. The molecule has 2 fully saturated rings. The lowest BCUT2D eigenvalue weighted by atomic mass is 9.99. The molecular weight excluding hydrogens is 194 g/mol. The van der Waals surface area contributed by atoms with Crippen LogP contribution in [0, 0.1) is 5.92 Å². The Morgan fingerprint density at radius 3 is 2.80 bits per heavy atom. The number of carbonyl (C=O) groups is 1. The molecule has 0 aliphatic carbocycles. The Bertz CT molecular complexity index is 229. The van der Waals surface area contributed by atoms with Crippen molar-refractivity contribution in [2.75, 3.05) is 32.8 Å². The van der Waals surface area contributed by atoms with Crippen LogP contribution in [-0.4, -0.2) is 48.8 Å². The minimum absolute atomic E-state index is 0.0206. The van der Waals surface area contributed by atoms with Crippen molar-refractivity contribution >= 4 is 6.03 Å². The third-order valence-corrected chi connectivity index (χ3v) is 3.16. The first kappa shape index (κ1) is 10.7. The molecule has 2 aliphatic rings. The second-order valence-electron chi connectivity index (χ2n) is 4.33. The van der Waals surface area contributed by atoms with E-state index in [2.05, 4.69) is 0 Å². The summed E-state index contributed by atoms with van der Waals surface area (Å²) >= 11 is 0. The first-order valence-corrected chi connectivity index (χ1v) is 5.66. The summed E-state index contributed by atoms with van der Waals surface area (Å²) in [6.07, 6.45) is 3.11. The largest absolute Gasteiger partial charge is 0.381 e. The quantitative estimate of drug-likeness (QED) is 0.534. The van der Waals surface area contributed by atoms with Crippen molar-refractivity contribution in [3.63, 3.8) is 0 Å². The number of rotatable bonds is 2. The van der Waals surface area contributed by atoms with Gasteiger partial charge in [-0.15, -0.1) is 0 Å².